The third-order valence-corrected chi connectivity index (χ3v) is 8.27. The molecule has 47 heavy (non-hydrogen) atoms. The largest absolute Gasteiger partial charge is 0.509 e. The van der Waals surface area contributed by atoms with Gasteiger partial charge in [0.15, 0.2) is 11.7 Å². The van der Waals surface area contributed by atoms with E-state index in [1.165, 1.54) is 20.1 Å². The van der Waals surface area contributed by atoms with Crippen molar-refractivity contribution in [1.29, 1.82) is 0 Å². The number of carbonyl (C=O) groups excluding carboxylic acids is 2. The zero-order chi connectivity index (χ0) is 34.7. The molecule has 0 bridgehead atoms. The van der Waals surface area contributed by atoms with Crippen LogP contribution in [-0.4, -0.2) is 69.3 Å². The lowest BCUT2D eigenvalue weighted by Gasteiger charge is -2.45. The van der Waals surface area contributed by atoms with Crippen molar-refractivity contribution in [3.8, 4) is 0 Å². The minimum absolute atomic E-state index is 0.0387. The number of nitrogens with one attached hydrogen (secondary N) is 1. The number of rotatable bonds is 13. The summed E-state index contributed by atoms with van der Waals surface area (Å²) < 4.78 is 36.8. The molecule has 1 heterocycles. The fraction of sp³-hybridized carbons (Fsp3) is 0.484. The second-order valence-electron chi connectivity index (χ2n) is 10.7. The van der Waals surface area contributed by atoms with Crippen molar-refractivity contribution in [2.75, 3.05) is 13.2 Å². The number of alkyl carbamates (subject to hydrolysis) is 1. The highest BCUT2D eigenvalue weighted by Crippen LogP contribution is 2.41. The average molecular weight is 778 g/mol. The molecule has 1 fully saturated rings. The molecule has 10 nitrogen and oxygen atoms in total. The monoisotopic (exact) mass is 775 g/mol. The molecule has 5 atom stereocenters. The van der Waals surface area contributed by atoms with Gasteiger partial charge in [-0.3, -0.25) is 0 Å². The molecule has 1 amide bonds. The normalized spacial score (nSPS) is 22.0. The Hall–Kier alpha value is -1.86. The maximum atomic E-state index is 13.3. The van der Waals surface area contributed by atoms with Crippen LogP contribution in [-0.2, 0) is 46.4 Å². The van der Waals surface area contributed by atoms with Crippen LogP contribution in [0.4, 0.5) is 9.59 Å². The molecule has 1 aliphatic heterocycles. The molecular formula is C31H35Cl6NO9. The van der Waals surface area contributed by atoms with Crippen molar-refractivity contribution in [3.63, 3.8) is 0 Å². The quantitative estimate of drug-likeness (QED) is 0.122. The smallest absolute Gasteiger partial charge is 0.470 e. The van der Waals surface area contributed by atoms with Gasteiger partial charge in [-0.2, -0.15) is 0 Å². The standard InChI is InChI=1S/C31H35Cl6NO9/c1-4-15-42-26-23(38-27(39)44-19-30(32,33)34)25(46-28(40)47-29(2,3)31(35,36)37)24(43-17-21-13-9-6-10-14-21)22(45-26)18-41-16-20-11-7-5-8-12-20/h4-15,22-26H,16-19H2,1-3H3,(H,38,39)/b15-4+/t22-,23-,24-,25-,26+/m1/s1. The molecule has 1 N–H and O–H groups in total. The van der Waals surface area contributed by atoms with Crippen LogP contribution in [0.15, 0.2) is 73.0 Å². The van der Waals surface area contributed by atoms with Crippen molar-refractivity contribution < 1.29 is 42.7 Å². The van der Waals surface area contributed by atoms with E-state index in [2.05, 4.69) is 5.32 Å². The minimum atomic E-state index is -2.02. The lowest BCUT2D eigenvalue weighted by molar-refractivity contribution is -0.271. The third-order valence-electron chi connectivity index (χ3n) is 6.58. The predicted molar refractivity (Wildman–Crippen MR) is 180 cm³/mol. The van der Waals surface area contributed by atoms with Gasteiger partial charge in [-0.1, -0.05) is 136 Å². The van der Waals surface area contributed by atoms with Crippen molar-refractivity contribution in [2.45, 2.75) is 77.8 Å². The van der Waals surface area contributed by atoms with Gasteiger partial charge in [0.1, 0.15) is 24.9 Å². The topological polar surface area (TPSA) is 111 Å². The van der Waals surface area contributed by atoms with Gasteiger partial charge in [0.05, 0.1) is 26.1 Å². The lowest BCUT2D eigenvalue weighted by atomic mass is 9.96. The van der Waals surface area contributed by atoms with Crippen LogP contribution in [0.3, 0.4) is 0 Å². The Balaban J connectivity index is 1.99. The third kappa shape index (κ3) is 13.2. The molecule has 0 aliphatic carbocycles. The molecule has 0 unspecified atom stereocenters. The van der Waals surface area contributed by atoms with E-state index in [9.17, 15) is 9.59 Å². The van der Waals surface area contributed by atoms with Gasteiger partial charge < -0.3 is 38.5 Å². The van der Waals surface area contributed by atoms with Gasteiger partial charge in [0.25, 0.3) is 0 Å². The Morgan fingerprint density at radius 3 is 2.04 bits per heavy atom. The fourth-order valence-electron chi connectivity index (χ4n) is 4.17. The number of hydrogen-bond donors (Lipinski definition) is 1. The highest BCUT2D eigenvalue weighted by atomic mass is 35.6. The molecule has 0 aromatic heterocycles. The Morgan fingerprint density at radius 2 is 1.49 bits per heavy atom. The van der Waals surface area contributed by atoms with Crippen molar-refractivity contribution >= 4 is 81.9 Å². The summed E-state index contributed by atoms with van der Waals surface area (Å²) in [6, 6.07) is 17.4. The first-order valence-electron chi connectivity index (χ1n) is 14.3. The van der Waals surface area contributed by atoms with Gasteiger partial charge in [-0.05, 0) is 31.9 Å². The molecule has 3 rings (SSSR count). The number of benzene rings is 2. The van der Waals surface area contributed by atoms with E-state index in [0.29, 0.717) is 0 Å². The molecule has 260 valence electrons. The summed E-state index contributed by atoms with van der Waals surface area (Å²) in [6.45, 7) is 4.14. The molecule has 0 saturated carbocycles. The van der Waals surface area contributed by atoms with Gasteiger partial charge in [0, 0.05) is 0 Å². The van der Waals surface area contributed by atoms with Crippen LogP contribution in [0, 0.1) is 0 Å². The van der Waals surface area contributed by atoms with Crippen LogP contribution in [0.25, 0.3) is 0 Å². The second-order valence-corrected chi connectivity index (χ2v) is 15.5. The molecule has 0 spiro atoms. The Morgan fingerprint density at radius 1 is 0.894 bits per heavy atom. The van der Waals surface area contributed by atoms with E-state index in [4.69, 9.17) is 103 Å². The Kier molecular flexibility index (Phi) is 15.3. The van der Waals surface area contributed by atoms with Crippen LogP contribution < -0.4 is 5.32 Å². The number of allylic oxidation sites excluding steroid dienone is 1. The molecule has 0 radical (unpaired) electrons. The van der Waals surface area contributed by atoms with Crippen molar-refractivity contribution in [2.24, 2.45) is 0 Å². The fourth-order valence-corrected chi connectivity index (χ4v) is 4.44. The van der Waals surface area contributed by atoms with Crippen LogP contribution in [0.1, 0.15) is 31.9 Å². The predicted octanol–water partition coefficient (Wildman–Crippen LogP) is 8.20. The number of alkyl halides is 6. The van der Waals surface area contributed by atoms with E-state index in [-0.39, 0.29) is 19.8 Å². The van der Waals surface area contributed by atoms with Gasteiger partial charge >= 0.3 is 12.2 Å². The number of ether oxygens (including phenoxy) is 7. The average Bonchev–Trinajstić information content (AvgIpc) is 2.99. The minimum Gasteiger partial charge on any atom is -0.470 e. The SMILES string of the molecule is C/C=C/O[C@H]1O[C@H](COCc2ccccc2)[C@@H](OCc2ccccc2)[C@H](OC(=O)OC(C)(C)C(Cl)(Cl)Cl)[C@H]1NC(=O)OCC(Cl)(Cl)Cl. The van der Waals surface area contributed by atoms with Gasteiger partial charge in [-0.15, -0.1) is 0 Å². The summed E-state index contributed by atoms with van der Waals surface area (Å²) in [5.74, 6) is 0. The Bertz CT molecular complexity index is 1290. The first kappa shape index (κ1) is 39.6. The molecule has 1 saturated heterocycles. The van der Waals surface area contributed by atoms with Crippen molar-refractivity contribution in [3.05, 3.63) is 84.1 Å². The highest BCUT2D eigenvalue weighted by molar-refractivity contribution is 6.68. The van der Waals surface area contributed by atoms with E-state index in [0.717, 1.165) is 11.1 Å². The summed E-state index contributed by atoms with van der Waals surface area (Å²) in [5.41, 5.74) is 0.0772. The number of amides is 1. The van der Waals surface area contributed by atoms with Crippen LogP contribution in [0.5, 0.6) is 0 Å². The number of carbonyl (C=O) groups is 2. The van der Waals surface area contributed by atoms with Crippen molar-refractivity contribution in [1.82, 2.24) is 5.32 Å². The number of halogens is 6. The molecule has 2 aromatic carbocycles. The van der Waals surface area contributed by atoms with Crippen LogP contribution >= 0.6 is 69.6 Å². The molecule has 1 aliphatic rings. The summed E-state index contributed by atoms with van der Waals surface area (Å²) in [7, 11) is 0. The Labute approximate surface area is 303 Å². The molecule has 16 heteroatoms. The van der Waals surface area contributed by atoms with Gasteiger partial charge in [0.2, 0.25) is 13.9 Å². The van der Waals surface area contributed by atoms with Gasteiger partial charge in [-0.25, -0.2) is 9.59 Å². The van der Waals surface area contributed by atoms with E-state index < -0.39 is 62.7 Å². The first-order chi connectivity index (χ1) is 22.1. The lowest BCUT2D eigenvalue weighted by Crippen LogP contribution is -2.66. The highest BCUT2D eigenvalue weighted by Gasteiger charge is 2.52. The zero-order valence-corrected chi connectivity index (χ0v) is 30.1. The molecular weight excluding hydrogens is 743 g/mol. The van der Waals surface area contributed by atoms with E-state index in [1.807, 2.05) is 60.7 Å². The maximum Gasteiger partial charge on any atom is 0.509 e. The van der Waals surface area contributed by atoms with E-state index >= 15 is 0 Å². The summed E-state index contributed by atoms with van der Waals surface area (Å²) in [5, 5.41) is 2.58. The van der Waals surface area contributed by atoms with E-state index in [1.54, 1.807) is 13.0 Å². The van der Waals surface area contributed by atoms with Crippen LogP contribution in [0.2, 0.25) is 0 Å². The zero-order valence-electron chi connectivity index (χ0n) is 25.6. The second kappa shape index (κ2) is 18.2. The summed E-state index contributed by atoms with van der Waals surface area (Å²) in [4.78, 5) is 26.2. The first-order valence-corrected chi connectivity index (χ1v) is 16.5. The maximum absolute atomic E-state index is 13.3. The summed E-state index contributed by atoms with van der Waals surface area (Å²) >= 11 is 35.4. The number of hydrogen-bond acceptors (Lipinski definition) is 9. The molecule has 2 aromatic rings. The summed E-state index contributed by atoms with van der Waals surface area (Å²) in [6.07, 6.45) is -3.97.